The number of unbranched alkanes of at least 4 members (excludes halogenated alkanes) is 3. The van der Waals surface area contributed by atoms with Gasteiger partial charge in [0, 0.05) is 40.4 Å². The van der Waals surface area contributed by atoms with E-state index in [9.17, 15) is 0 Å². The topological polar surface area (TPSA) is 67.6 Å². The Morgan fingerprint density at radius 3 is 2.70 bits per heavy atom. The van der Waals surface area contributed by atoms with Gasteiger partial charge in [-0.2, -0.15) is 0 Å². The van der Waals surface area contributed by atoms with Crippen molar-refractivity contribution in [2.45, 2.75) is 52.5 Å². The number of ether oxygens (including phenoxy) is 1. The van der Waals surface area contributed by atoms with Crippen molar-refractivity contribution in [1.82, 2.24) is 25.0 Å². The van der Waals surface area contributed by atoms with Gasteiger partial charge < -0.3 is 19.5 Å². The molecule has 0 aliphatic rings. The molecule has 1 rings (SSSR count). The van der Waals surface area contributed by atoms with Gasteiger partial charge in [0.25, 0.3) is 0 Å². The summed E-state index contributed by atoms with van der Waals surface area (Å²) in [7, 11) is 4.06. The molecule has 1 heterocycles. The number of nitrogens with one attached hydrogen (secondary N) is 1. The summed E-state index contributed by atoms with van der Waals surface area (Å²) in [6, 6.07) is 0. The standard InChI is InChI=1S/C19H36N6O.HI/c1-6-8-9-10-11-14-24(4)19(20-13-12-15-26-7-2)21-16-18-23-22-17(3)25(18)5;/h6H,1,7-16H2,2-5H3,(H,20,21);1H. The zero-order valence-corrected chi connectivity index (χ0v) is 19.7. The third-order valence-electron chi connectivity index (χ3n) is 4.27. The average molecular weight is 492 g/mol. The Labute approximate surface area is 181 Å². The molecule has 7 nitrogen and oxygen atoms in total. The van der Waals surface area contributed by atoms with E-state index < -0.39 is 0 Å². The molecule has 0 spiro atoms. The minimum atomic E-state index is 0. The Bertz CT molecular complexity index is 546. The molecule has 0 unspecified atom stereocenters. The van der Waals surface area contributed by atoms with Crippen LogP contribution in [0.4, 0.5) is 0 Å². The van der Waals surface area contributed by atoms with Crippen molar-refractivity contribution in [3.05, 3.63) is 24.3 Å². The monoisotopic (exact) mass is 492 g/mol. The van der Waals surface area contributed by atoms with Gasteiger partial charge in [0.1, 0.15) is 12.4 Å². The van der Waals surface area contributed by atoms with Gasteiger partial charge in [-0.25, -0.2) is 4.99 Å². The van der Waals surface area contributed by atoms with Crippen molar-refractivity contribution in [2.75, 3.05) is 33.4 Å². The first-order valence-electron chi connectivity index (χ1n) is 9.63. The summed E-state index contributed by atoms with van der Waals surface area (Å²) >= 11 is 0. The van der Waals surface area contributed by atoms with Crippen molar-refractivity contribution in [3.63, 3.8) is 0 Å². The number of halogens is 1. The van der Waals surface area contributed by atoms with Crippen LogP contribution >= 0.6 is 24.0 Å². The van der Waals surface area contributed by atoms with E-state index in [1.54, 1.807) is 0 Å². The van der Waals surface area contributed by atoms with Gasteiger partial charge in [0.05, 0.1) is 0 Å². The molecule has 1 aromatic heterocycles. The van der Waals surface area contributed by atoms with Crippen molar-refractivity contribution in [2.24, 2.45) is 12.0 Å². The van der Waals surface area contributed by atoms with Crippen LogP contribution in [0.25, 0.3) is 0 Å². The fraction of sp³-hybridized carbons (Fsp3) is 0.737. The van der Waals surface area contributed by atoms with Crippen LogP contribution in [0, 0.1) is 6.92 Å². The van der Waals surface area contributed by atoms with E-state index in [1.165, 1.54) is 12.8 Å². The molecule has 1 N–H and O–H groups in total. The highest BCUT2D eigenvalue weighted by molar-refractivity contribution is 14.0. The van der Waals surface area contributed by atoms with Crippen LogP contribution in [0.2, 0.25) is 0 Å². The van der Waals surface area contributed by atoms with E-state index in [-0.39, 0.29) is 24.0 Å². The number of guanidine groups is 1. The zero-order valence-electron chi connectivity index (χ0n) is 17.4. The van der Waals surface area contributed by atoms with Crippen LogP contribution in [0.5, 0.6) is 0 Å². The molecule has 0 atom stereocenters. The second kappa shape index (κ2) is 15.9. The van der Waals surface area contributed by atoms with E-state index in [0.717, 1.165) is 63.2 Å². The van der Waals surface area contributed by atoms with Crippen LogP contribution in [0.1, 0.15) is 50.7 Å². The first kappa shape index (κ1) is 25.8. The Morgan fingerprint density at radius 2 is 2.07 bits per heavy atom. The van der Waals surface area contributed by atoms with Crippen molar-refractivity contribution < 1.29 is 4.74 Å². The second-order valence-electron chi connectivity index (χ2n) is 6.40. The summed E-state index contributed by atoms with van der Waals surface area (Å²) in [6.45, 7) is 11.6. The number of aliphatic imine (C=N–C) groups is 1. The lowest BCUT2D eigenvalue weighted by Gasteiger charge is -2.22. The van der Waals surface area contributed by atoms with E-state index in [2.05, 4.69) is 34.0 Å². The SMILES string of the molecule is C=CCCCCCN(C)C(=NCc1nnc(C)n1C)NCCCOCC.I. The highest BCUT2D eigenvalue weighted by atomic mass is 127. The molecule has 0 fully saturated rings. The van der Waals surface area contributed by atoms with Gasteiger partial charge in [-0.05, 0) is 39.5 Å². The van der Waals surface area contributed by atoms with Gasteiger partial charge >= 0.3 is 0 Å². The number of aromatic nitrogens is 3. The predicted octanol–water partition coefficient (Wildman–Crippen LogP) is 3.29. The number of nitrogens with zero attached hydrogens (tertiary/aromatic N) is 5. The number of aryl methyl sites for hydroxylation is 1. The first-order valence-corrected chi connectivity index (χ1v) is 9.63. The Kier molecular flexibility index (Phi) is 15.2. The molecule has 0 saturated heterocycles. The van der Waals surface area contributed by atoms with E-state index >= 15 is 0 Å². The highest BCUT2D eigenvalue weighted by Crippen LogP contribution is 2.03. The fourth-order valence-corrected chi connectivity index (χ4v) is 2.48. The van der Waals surface area contributed by atoms with Gasteiger partial charge in [-0.15, -0.1) is 40.8 Å². The molecule has 156 valence electrons. The number of hydrogen-bond acceptors (Lipinski definition) is 4. The van der Waals surface area contributed by atoms with E-state index in [0.29, 0.717) is 6.54 Å². The van der Waals surface area contributed by atoms with Crippen LogP contribution in [0.3, 0.4) is 0 Å². The maximum atomic E-state index is 5.40. The largest absolute Gasteiger partial charge is 0.382 e. The van der Waals surface area contributed by atoms with Crippen molar-refractivity contribution in [3.8, 4) is 0 Å². The molecule has 0 aromatic carbocycles. The highest BCUT2D eigenvalue weighted by Gasteiger charge is 2.08. The molecule has 0 radical (unpaired) electrons. The summed E-state index contributed by atoms with van der Waals surface area (Å²) in [6.07, 6.45) is 7.59. The molecular formula is C19H37IN6O. The smallest absolute Gasteiger partial charge is 0.194 e. The second-order valence-corrected chi connectivity index (χ2v) is 6.40. The first-order chi connectivity index (χ1) is 12.6. The molecule has 0 aliphatic carbocycles. The Balaban J connectivity index is 0.00000676. The average Bonchev–Trinajstić information content (AvgIpc) is 2.95. The summed E-state index contributed by atoms with van der Waals surface area (Å²) in [5.74, 6) is 2.68. The van der Waals surface area contributed by atoms with Crippen LogP contribution in [-0.4, -0.2) is 59.0 Å². The minimum absolute atomic E-state index is 0. The Hall–Kier alpha value is -1.16. The van der Waals surface area contributed by atoms with Crippen LogP contribution in [-0.2, 0) is 18.3 Å². The molecule has 1 aromatic rings. The maximum Gasteiger partial charge on any atom is 0.194 e. The summed E-state index contributed by atoms with van der Waals surface area (Å²) in [5.41, 5.74) is 0. The van der Waals surface area contributed by atoms with Crippen LogP contribution < -0.4 is 5.32 Å². The van der Waals surface area contributed by atoms with Gasteiger partial charge in [-0.3, -0.25) is 0 Å². The van der Waals surface area contributed by atoms with Crippen molar-refractivity contribution >= 4 is 29.9 Å². The summed E-state index contributed by atoms with van der Waals surface area (Å²) < 4.78 is 7.38. The number of allylic oxidation sites excluding steroid dienone is 1. The van der Waals surface area contributed by atoms with Crippen LogP contribution in [0.15, 0.2) is 17.6 Å². The van der Waals surface area contributed by atoms with Gasteiger partial charge in [0.2, 0.25) is 0 Å². The Morgan fingerprint density at radius 1 is 1.30 bits per heavy atom. The van der Waals surface area contributed by atoms with Gasteiger partial charge in [0.15, 0.2) is 11.8 Å². The molecular weight excluding hydrogens is 455 g/mol. The molecule has 0 bridgehead atoms. The zero-order chi connectivity index (χ0) is 19.2. The predicted molar refractivity (Wildman–Crippen MR) is 123 cm³/mol. The third kappa shape index (κ3) is 10.7. The molecule has 0 amide bonds. The molecule has 0 aliphatic heterocycles. The lowest BCUT2D eigenvalue weighted by Crippen LogP contribution is -2.40. The van der Waals surface area contributed by atoms with E-state index in [4.69, 9.17) is 9.73 Å². The molecule has 8 heteroatoms. The summed E-state index contributed by atoms with van der Waals surface area (Å²) in [5, 5.41) is 11.7. The summed E-state index contributed by atoms with van der Waals surface area (Å²) in [4.78, 5) is 6.94. The number of rotatable bonds is 13. The van der Waals surface area contributed by atoms with Gasteiger partial charge in [-0.1, -0.05) is 12.5 Å². The maximum absolute atomic E-state index is 5.40. The fourth-order valence-electron chi connectivity index (χ4n) is 2.48. The quantitative estimate of drug-likeness (QED) is 0.151. The normalized spacial score (nSPS) is 11.2. The van der Waals surface area contributed by atoms with Crippen molar-refractivity contribution in [1.29, 1.82) is 0 Å². The lowest BCUT2D eigenvalue weighted by atomic mass is 10.2. The third-order valence-corrected chi connectivity index (χ3v) is 4.27. The minimum Gasteiger partial charge on any atom is -0.382 e. The van der Waals surface area contributed by atoms with E-state index in [1.807, 2.05) is 31.5 Å². The number of hydrogen-bond donors (Lipinski definition) is 1. The molecule has 27 heavy (non-hydrogen) atoms. The lowest BCUT2D eigenvalue weighted by molar-refractivity contribution is 0.145. The molecule has 0 saturated carbocycles.